The molecule has 0 amide bonds. The summed E-state index contributed by atoms with van der Waals surface area (Å²) in [5.41, 5.74) is 1.89. The first-order valence-corrected chi connectivity index (χ1v) is 7.91. The van der Waals surface area contributed by atoms with Gasteiger partial charge in [0, 0.05) is 24.1 Å². The molecule has 3 unspecified atom stereocenters. The Labute approximate surface area is 130 Å². The molecule has 0 N–H and O–H groups in total. The van der Waals surface area contributed by atoms with Crippen molar-refractivity contribution in [3.05, 3.63) is 36.0 Å². The number of halogens is 1. The molecule has 1 aromatic heterocycles. The van der Waals surface area contributed by atoms with Crippen LogP contribution in [-0.4, -0.2) is 29.2 Å². The van der Waals surface area contributed by atoms with Gasteiger partial charge in [-0.2, -0.15) is 0 Å². The van der Waals surface area contributed by atoms with Crippen LogP contribution in [0.1, 0.15) is 25.5 Å². The van der Waals surface area contributed by atoms with Gasteiger partial charge in [-0.15, -0.1) is 11.6 Å². The number of pyridine rings is 1. The molecule has 0 radical (unpaired) electrons. The molecule has 1 aliphatic rings. The minimum absolute atomic E-state index is 0.0203. The number of hydrogen-bond acceptors (Lipinski definition) is 3. The Balaban J connectivity index is 1.80. The quantitative estimate of drug-likeness (QED) is 0.779. The monoisotopic (exact) mass is 305 g/mol. The Bertz CT molecular complexity index is 631. The van der Waals surface area contributed by atoms with Crippen molar-refractivity contribution in [1.82, 2.24) is 4.98 Å². The first-order chi connectivity index (χ1) is 10.2. The molecule has 0 bridgehead atoms. The lowest BCUT2D eigenvalue weighted by Gasteiger charge is -2.40. The van der Waals surface area contributed by atoms with E-state index in [2.05, 4.69) is 18.0 Å². The van der Waals surface area contributed by atoms with Crippen LogP contribution < -0.4 is 4.74 Å². The maximum absolute atomic E-state index is 6.23. The van der Waals surface area contributed by atoms with Crippen molar-refractivity contribution in [3.63, 3.8) is 0 Å². The van der Waals surface area contributed by atoms with E-state index >= 15 is 0 Å². The van der Waals surface area contributed by atoms with Gasteiger partial charge in [-0.25, -0.2) is 4.98 Å². The second-order valence-corrected chi connectivity index (χ2v) is 6.08. The van der Waals surface area contributed by atoms with Crippen molar-refractivity contribution in [2.75, 3.05) is 6.61 Å². The Kier molecular flexibility index (Phi) is 4.32. The van der Waals surface area contributed by atoms with Crippen molar-refractivity contribution in [2.45, 2.75) is 44.3 Å². The van der Waals surface area contributed by atoms with E-state index in [9.17, 15) is 0 Å². The number of aryl methyl sites for hydroxylation is 1. The number of benzene rings is 1. The first kappa shape index (κ1) is 14.6. The SMILES string of the molecule is CCCOC1C(Cl)CC1Oc1cccc2ccc(C)nc12. The number of rotatable bonds is 5. The van der Waals surface area contributed by atoms with Crippen LogP contribution in [0, 0.1) is 6.92 Å². The summed E-state index contributed by atoms with van der Waals surface area (Å²) in [5, 5.41) is 1.14. The van der Waals surface area contributed by atoms with Gasteiger partial charge in [0.05, 0.1) is 5.38 Å². The van der Waals surface area contributed by atoms with Crippen LogP contribution in [0.25, 0.3) is 10.9 Å². The summed E-state index contributed by atoms with van der Waals surface area (Å²) in [6.07, 6.45) is 1.80. The molecular formula is C17H20ClNO2. The molecule has 3 nitrogen and oxygen atoms in total. The molecule has 1 saturated carbocycles. The summed E-state index contributed by atoms with van der Waals surface area (Å²) in [4.78, 5) is 4.59. The Morgan fingerprint density at radius 3 is 2.90 bits per heavy atom. The molecule has 3 rings (SSSR count). The Morgan fingerprint density at radius 1 is 1.29 bits per heavy atom. The molecule has 2 aromatic rings. The topological polar surface area (TPSA) is 31.4 Å². The van der Waals surface area contributed by atoms with Crippen LogP contribution in [0.5, 0.6) is 5.75 Å². The fourth-order valence-corrected chi connectivity index (χ4v) is 2.99. The fourth-order valence-electron chi connectivity index (χ4n) is 2.58. The third-order valence-electron chi connectivity index (χ3n) is 3.80. The molecule has 1 fully saturated rings. The second kappa shape index (κ2) is 6.20. The lowest BCUT2D eigenvalue weighted by Crippen LogP contribution is -2.52. The predicted molar refractivity (Wildman–Crippen MR) is 85.2 cm³/mol. The largest absolute Gasteiger partial charge is 0.485 e. The van der Waals surface area contributed by atoms with Gasteiger partial charge >= 0.3 is 0 Å². The lowest BCUT2D eigenvalue weighted by atomic mass is 9.91. The number of ether oxygens (including phenoxy) is 2. The Hall–Kier alpha value is -1.32. The van der Waals surface area contributed by atoms with Crippen molar-refractivity contribution in [1.29, 1.82) is 0 Å². The summed E-state index contributed by atoms with van der Waals surface area (Å²) >= 11 is 6.23. The molecule has 112 valence electrons. The van der Waals surface area contributed by atoms with E-state index in [0.29, 0.717) is 0 Å². The zero-order valence-electron chi connectivity index (χ0n) is 12.4. The average molecular weight is 306 g/mol. The summed E-state index contributed by atoms with van der Waals surface area (Å²) in [7, 11) is 0. The lowest BCUT2D eigenvalue weighted by molar-refractivity contribution is -0.0793. The molecule has 21 heavy (non-hydrogen) atoms. The van der Waals surface area contributed by atoms with Crippen molar-refractivity contribution in [2.24, 2.45) is 0 Å². The van der Waals surface area contributed by atoms with Crippen LogP contribution in [0.4, 0.5) is 0 Å². The number of nitrogens with zero attached hydrogens (tertiary/aromatic N) is 1. The standard InChI is InChI=1S/C17H20ClNO2/c1-3-9-20-17-13(18)10-15(17)21-14-6-4-5-12-8-7-11(2)19-16(12)14/h4-8,13,15,17H,3,9-10H2,1-2H3. The molecule has 1 aromatic carbocycles. The maximum Gasteiger partial charge on any atom is 0.146 e. The van der Waals surface area contributed by atoms with Gasteiger partial charge in [0.2, 0.25) is 0 Å². The predicted octanol–water partition coefficient (Wildman–Crippen LogP) is 4.10. The fraction of sp³-hybridized carbons (Fsp3) is 0.471. The molecule has 0 aliphatic heterocycles. The number of fused-ring (bicyclic) bond motifs is 1. The van der Waals surface area contributed by atoms with Gasteiger partial charge in [-0.3, -0.25) is 0 Å². The zero-order chi connectivity index (χ0) is 14.8. The smallest absolute Gasteiger partial charge is 0.146 e. The molecule has 0 spiro atoms. The van der Waals surface area contributed by atoms with E-state index in [-0.39, 0.29) is 17.6 Å². The van der Waals surface area contributed by atoms with E-state index in [1.54, 1.807) is 0 Å². The highest BCUT2D eigenvalue weighted by Crippen LogP contribution is 2.35. The van der Waals surface area contributed by atoms with Crippen molar-refractivity contribution >= 4 is 22.5 Å². The Morgan fingerprint density at radius 2 is 2.14 bits per heavy atom. The minimum atomic E-state index is -0.0216. The number of hydrogen-bond donors (Lipinski definition) is 0. The van der Waals surface area contributed by atoms with Crippen LogP contribution >= 0.6 is 11.6 Å². The van der Waals surface area contributed by atoms with Gasteiger partial charge in [-0.05, 0) is 25.5 Å². The van der Waals surface area contributed by atoms with E-state index in [1.807, 2.05) is 31.2 Å². The van der Waals surface area contributed by atoms with Gasteiger partial charge < -0.3 is 9.47 Å². The summed E-state index contributed by atoms with van der Waals surface area (Å²) < 4.78 is 11.9. The summed E-state index contributed by atoms with van der Waals surface area (Å²) in [6.45, 7) is 4.80. The average Bonchev–Trinajstić information content (AvgIpc) is 2.47. The number of alkyl halides is 1. The summed E-state index contributed by atoms with van der Waals surface area (Å²) in [5.74, 6) is 0.815. The highest BCUT2D eigenvalue weighted by molar-refractivity contribution is 6.21. The summed E-state index contributed by atoms with van der Waals surface area (Å²) in [6, 6.07) is 10.1. The third kappa shape index (κ3) is 2.99. The van der Waals surface area contributed by atoms with Crippen molar-refractivity contribution < 1.29 is 9.47 Å². The number of para-hydroxylation sites is 1. The highest BCUT2D eigenvalue weighted by atomic mass is 35.5. The highest BCUT2D eigenvalue weighted by Gasteiger charge is 2.42. The van der Waals surface area contributed by atoms with E-state index < -0.39 is 0 Å². The molecule has 4 heteroatoms. The number of aromatic nitrogens is 1. The van der Waals surface area contributed by atoms with Crippen LogP contribution in [0.3, 0.4) is 0 Å². The second-order valence-electron chi connectivity index (χ2n) is 5.52. The van der Waals surface area contributed by atoms with Gasteiger partial charge in [0.25, 0.3) is 0 Å². The molecule has 1 aliphatic carbocycles. The van der Waals surface area contributed by atoms with Crippen LogP contribution in [0.2, 0.25) is 0 Å². The van der Waals surface area contributed by atoms with Crippen LogP contribution in [0.15, 0.2) is 30.3 Å². The van der Waals surface area contributed by atoms with E-state index in [4.69, 9.17) is 21.1 Å². The first-order valence-electron chi connectivity index (χ1n) is 7.47. The zero-order valence-corrected chi connectivity index (χ0v) is 13.1. The van der Waals surface area contributed by atoms with E-state index in [1.165, 1.54) is 0 Å². The molecule has 3 atom stereocenters. The molecule has 0 saturated heterocycles. The third-order valence-corrected chi connectivity index (χ3v) is 4.22. The van der Waals surface area contributed by atoms with Crippen LogP contribution in [-0.2, 0) is 4.74 Å². The molecular weight excluding hydrogens is 286 g/mol. The van der Waals surface area contributed by atoms with Gasteiger partial charge in [-0.1, -0.05) is 25.1 Å². The maximum atomic E-state index is 6.23. The normalized spacial score (nSPS) is 24.8. The van der Waals surface area contributed by atoms with Crippen molar-refractivity contribution in [3.8, 4) is 5.75 Å². The molecule has 1 heterocycles. The minimum Gasteiger partial charge on any atom is -0.485 e. The van der Waals surface area contributed by atoms with E-state index in [0.717, 1.165) is 41.8 Å². The van der Waals surface area contributed by atoms with Gasteiger partial charge in [0.1, 0.15) is 23.5 Å². The van der Waals surface area contributed by atoms with Gasteiger partial charge in [0.15, 0.2) is 0 Å².